The lowest BCUT2D eigenvalue weighted by Crippen LogP contribution is -2.24. The van der Waals surface area contributed by atoms with E-state index in [1.165, 1.54) is 0 Å². The molecule has 29 heavy (non-hydrogen) atoms. The molecule has 0 saturated carbocycles. The number of hydrogen-bond donors (Lipinski definition) is 1. The van der Waals surface area contributed by atoms with Crippen molar-refractivity contribution in [3.63, 3.8) is 0 Å². The fraction of sp³-hybridized carbons (Fsp3) is 0.381. The van der Waals surface area contributed by atoms with Gasteiger partial charge in [-0.05, 0) is 60.0 Å². The Labute approximate surface area is 170 Å². The van der Waals surface area contributed by atoms with Gasteiger partial charge >= 0.3 is 0 Å². The van der Waals surface area contributed by atoms with E-state index in [0.29, 0.717) is 18.1 Å². The van der Waals surface area contributed by atoms with E-state index in [0.717, 1.165) is 34.9 Å². The van der Waals surface area contributed by atoms with E-state index in [9.17, 15) is 5.26 Å². The molecular formula is C21H25N7O. The van der Waals surface area contributed by atoms with Gasteiger partial charge in [0, 0.05) is 24.5 Å². The molecule has 1 aromatic carbocycles. The summed E-state index contributed by atoms with van der Waals surface area (Å²) in [6.07, 6.45) is 3.20. The zero-order valence-electron chi connectivity index (χ0n) is 17.1. The number of rotatable bonds is 8. The molecule has 2 aromatic heterocycles. The van der Waals surface area contributed by atoms with Crippen LogP contribution in [-0.4, -0.2) is 37.8 Å². The second kappa shape index (κ2) is 9.15. The zero-order valence-corrected chi connectivity index (χ0v) is 17.1. The molecule has 0 bridgehead atoms. The maximum atomic E-state index is 9.19. The monoisotopic (exact) mass is 391 g/mol. The van der Waals surface area contributed by atoms with Crippen LogP contribution in [0.25, 0.3) is 11.4 Å². The number of nitrogens with one attached hydrogen (secondary N) is 1. The van der Waals surface area contributed by atoms with Crippen LogP contribution in [0.3, 0.4) is 0 Å². The van der Waals surface area contributed by atoms with Gasteiger partial charge in [0.05, 0.1) is 17.3 Å². The Kier molecular flexibility index (Phi) is 6.39. The first-order valence-corrected chi connectivity index (χ1v) is 9.58. The molecule has 0 amide bonds. The molecule has 0 radical (unpaired) electrons. The number of benzene rings is 1. The molecule has 0 aliphatic carbocycles. The summed E-state index contributed by atoms with van der Waals surface area (Å²) in [7, 11) is 0. The number of aromatic nitrogens is 5. The average molecular weight is 391 g/mol. The van der Waals surface area contributed by atoms with E-state index in [1.54, 1.807) is 18.5 Å². The average Bonchev–Trinajstić information content (AvgIpc) is 3.14. The van der Waals surface area contributed by atoms with Gasteiger partial charge < -0.3 is 10.1 Å². The van der Waals surface area contributed by atoms with Gasteiger partial charge in [0.2, 0.25) is 0 Å². The summed E-state index contributed by atoms with van der Waals surface area (Å²) in [4.78, 5) is 3.97. The number of nitrogens with zero attached hydrogens (tertiary/aromatic N) is 6. The molecule has 0 fully saturated rings. The summed E-state index contributed by atoms with van der Waals surface area (Å²) in [5.41, 5.74) is 3.25. The molecule has 0 saturated heterocycles. The third kappa shape index (κ3) is 5.29. The Morgan fingerprint density at radius 1 is 1.24 bits per heavy atom. The lowest BCUT2D eigenvalue weighted by atomic mass is 10.1. The number of tetrazole rings is 1. The van der Waals surface area contributed by atoms with E-state index < -0.39 is 0 Å². The molecular weight excluding hydrogens is 366 g/mol. The maximum Gasteiger partial charge on any atom is 0.182 e. The summed E-state index contributed by atoms with van der Waals surface area (Å²) in [6.45, 7) is 9.47. The van der Waals surface area contributed by atoms with Gasteiger partial charge in [-0.15, -0.1) is 5.10 Å². The molecule has 3 aromatic rings. The van der Waals surface area contributed by atoms with E-state index in [4.69, 9.17) is 4.74 Å². The van der Waals surface area contributed by atoms with Crippen molar-refractivity contribution in [1.82, 2.24) is 25.2 Å². The van der Waals surface area contributed by atoms with Gasteiger partial charge in [0.15, 0.2) is 5.82 Å². The SMILES string of the molecule is Cc1cc(OC[C@H](C)Nc2ccncc2C#N)cc(-c2nnnn2CC(C)C)c1. The first-order chi connectivity index (χ1) is 14.0. The molecule has 8 nitrogen and oxygen atoms in total. The quantitative estimate of drug-likeness (QED) is 0.627. The van der Waals surface area contributed by atoms with Gasteiger partial charge in [-0.1, -0.05) is 13.8 Å². The molecule has 8 heteroatoms. The van der Waals surface area contributed by atoms with Crippen molar-refractivity contribution in [2.75, 3.05) is 11.9 Å². The molecule has 1 N–H and O–H groups in total. The third-order valence-electron chi connectivity index (χ3n) is 4.22. The third-order valence-corrected chi connectivity index (χ3v) is 4.22. The number of aryl methyl sites for hydroxylation is 1. The minimum absolute atomic E-state index is 0.000257. The standard InChI is InChI=1S/C21H25N7O/c1-14(2)12-28-21(25-26-27-28)17-7-15(3)8-19(9-17)29-13-16(4)24-20-5-6-23-11-18(20)10-22/h5-9,11,14,16H,12-13H2,1-4H3,(H,23,24)/t16-/m0/s1. The van der Waals surface area contributed by atoms with Crippen molar-refractivity contribution in [2.24, 2.45) is 5.92 Å². The van der Waals surface area contributed by atoms with Crippen LogP contribution in [-0.2, 0) is 6.54 Å². The van der Waals surface area contributed by atoms with Crippen molar-refractivity contribution in [3.8, 4) is 23.2 Å². The van der Waals surface area contributed by atoms with E-state index in [1.807, 2.05) is 36.7 Å². The van der Waals surface area contributed by atoms with Crippen molar-refractivity contribution in [2.45, 2.75) is 40.3 Å². The van der Waals surface area contributed by atoms with Crippen LogP contribution in [0.15, 0.2) is 36.7 Å². The molecule has 0 spiro atoms. The molecule has 0 aliphatic rings. The van der Waals surface area contributed by atoms with Crippen LogP contribution in [0, 0.1) is 24.2 Å². The van der Waals surface area contributed by atoms with E-state index >= 15 is 0 Å². The molecule has 150 valence electrons. The van der Waals surface area contributed by atoms with E-state index in [-0.39, 0.29) is 6.04 Å². The highest BCUT2D eigenvalue weighted by atomic mass is 16.5. The lowest BCUT2D eigenvalue weighted by molar-refractivity contribution is 0.304. The highest BCUT2D eigenvalue weighted by molar-refractivity contribution is 5.59. The minimum atomic E-state index is -0.000257. The Bertz CT molecular complexity index is 1010. The van der Waals surface area contributed by atoms with Crippen LogP contribution in [0.5, 0.6) is 5.75 Å². The summed E-state index contributed by atoms with van der Waals surface area (Å²) in [6, 6.07) is 9.91. The molecule has 3 rings (SSSR count). The molecule has 1 atom stereocenters. The summed E-state index contributed by atoms with van der Waals surface area (Å²) < 4.78 is 7.83. The first-order valence-electron chi connectivity index (χ1n) is 9.58. The Hall–Kier alpha value is -3.47. The van der Waals surface area contributed by atoms with Gasteiger partial charge in [0.25, 0.3) is 0 Å². The number of hydrogen-bond acceptors (Lipinski definition) is 7. The highest BCUT2D eigenvalue weighted by Crippen LogP contribution is 2.25. The van der Waals surface area contributed by atoms with Crippen LogP contribution in [0.4, 0.5) is 5.69 Å². The number of nitriles is 1. The highest BCUT2D eigenvalue weighted by Gasteiger charge is 2.13. The topological polar surface area (TPSA) is 102 Å². The van der Waals surface area contributed by atoms with Crippen molar-refractivity contribution >= 4 is 5.69 Å². The predicted molar refractivity (Wildman–Crippen MR) is 110 cm³/mol. The zero-order chi connectivity index (χ0) is 20.8. The Morgan fingerprint density at radius 3 is 2.83 bits per heavy atom. The molecule has 0 unspecified atom stereocenters. The number of ether oxygens (including phenoxy) is 1. The number of pyridine rings is 1. The molecule has 2 heterocycles. The lowest BCUT2D eigenvalue weighted by Gasteiger charge is -2.17. The van der Waals surface area contributed by atoms with Crippen LogP contribution in [0.2, 0.25) is 0 Å². The number of anilines is 1. The second-order valence-electron chi connectivity index (χ2n) is 7.50. The summed E-state index contributed by atoms with van der Waals surface area (Å²) in [5.74, 6) is 1.92. The van der Waals surface area contributed by atoms with Crippen molar-refractivity contribution in [3.05, 3.63) is 47.8 Å². The normalized spacial score (nSPS) is 11.9. The summed E-state index contributed by atoms with van der Waals surface area (Å²) in [5, 5.41) is 24.6. The van der Waals surface area contributed by atoms with Gasteiger partial charge in [-0.2, -0.15) is 5.26 Å². The van der Waals surface area contributed by atoms with Gasteiger partial charge in [-0.3, -0.25) is 4.98 Å². The van der Waals surface area contributed by atoms with Gasteiger partial charge in [0.1, 0.15) is 18.4 Å². The fourth-order valence-corrected chi connectivity index (χ4v) is 2.98. The van der Waals surface area contributed by atoms with Crippen molar-refractivity contribution < 1.29 is 4.74 Å². The first kappa shape index (κ1) is 20.3. The van der Waals surface area contributed by atoms with Gasteiger partial charge in [-0.25, -0.2) is 4.68 Å². The van der Waals surface area contributed by atoms with Crippen LogP contribution >= 0.6 is 0 Å². The Balaban J connectivity index is 1.71. The van der Waals surface area contributed by atoms with Crippen molar-refractivity contribution in [1.29, 1.82) is 5.26 Å². The van der Waals surface area contributed by atoms with Crippen LogP contribution < -0.4 is 10.1 Å². The smallest absolute Gasteiger partial charge is 0.182 e. The minimum Gasteiger partial charge on any atom is -0.491 e. The molecule has 0 aliphatic heterocycles. The summed E-state index contributed by atoms with van der Waals surface area (Å²) >= 11 is 0. The predicted octanol–water partition coefficient (Wildman–Crippen LogP) is 3.45. The maximum absolute atomic E-state index is 9.19. The van der Waals surface area contributed by atoms with Crippen LogP contribution in [0.1, 0.15) is 31.9 Å². The fourth-order valence-electron chi connectivity index (χ4n) is 2.98. The largest absolute Gasteiger partial charge is 0.491 e. The Morgan fingerprint density at radius 2 is 2.07 bits per heavy atom. The van der Waals surface area contributed by atoms with E-state index in [2.05, 4.69) is 45.7 Å². The second-order valence-corrected chi connectivity index (χ2v) is 7.50.